The maximum absolute atomic E-state index is 12.4. The van der Waals surface area contributed by atoms with Crippen molar-refractivity contribution < 1.29 is 28.5 Å². The van der Waals surface area contributed by atoms with E-state index in [1.165, 1.54) is 13.3 Å². The van der Waals surface area contributed by atoms with E-state index in [4.69, 9.17) is 30.5 Å². The van der Waals surface area contributed by atoms with Gasteiger partial charge in [-0.3, -0.25) is 4.79 Å². The number of carbonyl (C=O) groups is 2. The second kappa shape index (κ2) is 11.7. The zero-order valence-electron chi connectivity index (χ0n) is 18.8. The molecule has 9 heteroatoms. The molecule has 0 saturated heterocycles. The molecule has 0 radical (unpaired) electrons. The lowest BCUT2D eigenvalue weighted by Crippen LogP contribution is -2.33. The van der Waals surface area contributed by atoms with E-state index in [1.54, 1.807) is 80.8 Å². The second-order valence-corrected chi connectivity index (χ2v) is 7.41. The average molecular weight is 483 g/mol. The molecule has 176 valence electrons. The summed E-state index contributed by atoms with van der Waals surface area (Å²) in [5.74, 6) is 0.759. The zero-order valence-corrected chi connectivity index (χ0v) is 19.5. The molecular formula is C25H23ClN2O6. The number of nitrogens with zero attached hydrogens (tertiary/aromatic N) is 1. The van der Waals surface area contributed by atoms with Gasteiger partial charge >= 0.3 is 5.97 Å². The molecule has 0 aliphatic heterocycles. The molecule has 0 aliphatic carbocycles. The molecule has 1 unspecified atom stereocenters. The lowest BCUT2D eigenvalue weighted by atomic mass is 10.2. The topological polar surface area (TPSA) is 95.5 Å². The van der Waals surface area contributed by atoms with Gasteiger partial charge < -0.3 is 18.9 Å². The van der Waals surface area contributed by atoms with Gasteiger partial charge in [-0.2, -0.15) is 5.10 Å². The van der Waals surface area contributed by atoms with Crippen LogP contribution in [0.1, 0.15) is 22.8 Å². The number of halogens is 1. The van der Waals surface area contributed by atoms with Crippen LogP contribution >= 0.6 is 11.6 Å². The monoisotopic (exact) mass is 482 g/mol. The first kappa shape index (κ1) is 24.6. The Morgan fingerprint density at radius 1 is 0.912 bits per heavy atom. The van der Waals surface area contributed by atoms with Crippen molar-refractivity contribution in [3.63, 3.8) is 0 Å². The highest BCUT2D eigenvalue weighted by atomic mass is 35.5. The first-order chi connectivity index (χ1) is 16.4. The number of amides is 1. The number of hydrogen-bond donors (Lipinski definition) is 1. The molecule has 3 aromatic carbocycles. The maximum atomic E-state index is 12.4. The summed E-state index contributed by atoms with van der Waals surface area (Å²) < 4.78 is 21.4. The van der Waals surface area contributed by atoms with Gasteiger partial charge in [0.15, 0.2) is 17.6 Å². The summed E-state index contributed by atoms with van der Waals surface area (Å²) in [6.07, 6.45) is 0.664. The molecule has 0 bridgehead atoms. The van der Waals surface area contributed by atoms with Gasteiger partial charge in [0.1, 0.15) is 11.5 Å². The summed E-state index contributed by atoms with van der Waals surface area (Å²) in [4.78, 5) is 24.6. The minimum absolute atomic E-state index is 0.245. The van der Waals surface area contributed by atoms with E-state index >= 15 is 0 Å². The summed E-state index contributed by atoms with van der Waals surface area (Å²) in [6.45, 7) is 1.61. The van der Waals surface area contributed by atoms with Crippen LogP contribution < -0.4 is 24.4 Å². The van der Waals surface area contributed by atoms with Crippen molar-refractivity contribution in [2.75, 3.05) is 14.2 Å². The van der Waals surface area contributed by atoms with Crippen LogP contribution in [0.5, 0.6) is 23.0 Å². The second-order valence-electron chi connectivity index (χ2n) is 6.98. The van der Waals surface area contributed by atoms with Crippen LogP contribution in [0.15, 0.2) is 71.8 Å². The summed E-state index contributed by atoms with van der Waals surface area (Å²) in [5, 5.41) is 4.52. The van der Waals surface area contributed by atoms with Gasteiger partial charge in [0.25, 0.3) is 5.91 Å². The third kappa shape index (κ3) is 6.73. The van der Waals surface area contributed by atoms with E-state index in [2.05, 4.69) is 10.5 Å². The van der Waals surface area contributed by atoms with Crippen molar-refractivity contribution in [2.24, 2.45) is 5.10 Å². The van der Waals surface area contributed by atoms with E-state index in [-0.39, 0.29) is 5.75 Å². The summed E-state index contributed by atoms with van der Waals surface area (Å²) in [7, 11) is 3.00. The molecule has 0 spiro atoms. The van der Waals surface area contributed by atoms with E-state index < -0.39 is 18.0 Å². The summed E-state index contributed by atoms with van der Waals surface area (Å²) in [5.41, 5.74) is 3.41. The standard InChI is InChI=1S/C25H23ClN2O6/c1-16(33-21-11-7-19(26)8-12-21)24(29)28-27-15-17-4-13-22(23(14-17)32-3)34-25(30)18-5-9-20(31-2)10-6-18/h4-16H,1-3H3,(H,28,29)/b27-15+. The highest BCUT2D eigenvalue weighted by molar-refractivity contribution is 6.30. The van der Waals surface area contributed by atoms with E-state index in [0.29, 0.717) is 33.4 Å². The Morgan fingerprint density at radius 2 is 1.59 bits per heavy atom. The number of hydrogen-bond acceptors (Lipinski definition) is 7. The van der Waals surface area contributed by atoms with Gasteiger partial charge in [-0.25, -0.2) is 10.2 Å². The van der Waals surface area contributed by atoms with Crippen LogP contribution in [-0.2, 0) is 4.79 Å². The van der Waals surface area contributed by atoms with Crippen molar-refractivity contribution in [3.05, 3.63) is 82.9 Å². The quantitative estimate of drug-likeness (QED) is 0.209. The first-order valence-electron chi connectivity index (χ1n) is 10.2. The molecule has 8 nitrogen and oxygen atoms in total. The Balaban J connectivity index is 1.59. The van der Waals surface area contributed by atoms with Crippen LogP contribution in [0.25, 0.3) is 0 Å². The maximum Gasteiger partial charge on any atom is 0.343 e. The number of nitrogens with one attached hydrogen (secondary N) is 1. The van der Waals surface area contributed by atoms with Crippen molar-refractivity contribution >= 4 is 29.7 Å². The van der Waals surface area contributed by atoms with Crippen molar-refractivity contribution in [2.45, 2.75) is 13.0 Å². The number of rotatable bonds is 9. The van der Waals surface area contributed by atoms with Gasteiger partial charge in [0.05, 0.1) is 26.0 Å². The van der Waals surface area contributed by atoms with E-state index in [9.17, 15) is 9.59 Å². The molecule has 0 aliphatic rings. The van der Waals surface area contributed by atoms with Crippen molar-refractivity contribution in [3.8, 4) is 23.0 Å². The van der Waals surface area contributed by atoms with Crippen LogP contribution in [0.2, 0.25) is 5.02 Å². The fourth-order valence-electron chi connectivity index (χ4n) is 2.77. The lowest BCUT2D eigenvalue weighted by Gasteiger charge is -2.13. The Hall–Kier alpha value is -4.04. The number of benzene rings is 3. The van der Waals surface area contributed by atoms with Crippen LogP contribution in [-0.4, -0.2) is 38.4 Å². The smallest absolute Gasteiger partial charge is 0.343 e. The molecule has 0 aromatic heterocycles. The third-order valence-corrected chi connectivity index (χ3v) is 4.85. The highest BCUT2D eigenvalue weighted by Crippen LogP contribution is 2.28. The van der Waals surface area contributed by atoms with Crippen molar-refractivity contribution in [1.82, 2.24) is 5.43 Å². The lowest BCUT2D eigenvalue weighted by molar-refractivity contribution is -0.127. The Kier molecular flexibility index (Phi) is 8.48. The fourth-order valence-corrected chi connectivity index (χ4v) is 2.89. The number of esters is 1. The van der Waals surface area contributed by atoms with Crippen molar-refractivity contribution in [1.29, 1.82) is 0 Å². The Morgan fingerprint density at radius 3 is 2.24 bits per heavy atom. The molecule has 3 rings (SSSR count). The molecule has 1 N–H and O–H groups in total. The van der Waals surface area contributed by atoms with Gasteiger partial charge in [0.2, 0.25) is 0 Å². The number of methoxy groups -OCH3 is 2. The number of hydrazone groups is 1. The highest BCUT2D eigenvalue weighted by Gasteiger charge is 2.15. The Labute approximate surface area is 202 Å². The number of carbonyl (C=O) groups excluding carboxylic acids is 2. The largest absolute Gasteiger partial charge is 0.497 e. The summed E-state index contributed by atoms with van der Waals surface area (Å²) in [6, 6.07) is 18.1. The van der Waals surface area contributed by atoms with Gasteiger partial charge in [0, 0.05) is 5.02 Å². The number of ether oxygens (including phenoxy) is 4. The molecule has 1 amide bonds. The molecule has 0 heterocycles. The fraction of sp³-hybridized carbons (Fsp3) is 0.160. The molecule has 34 heavy (non-hydrogen) atoms. The predicted octanol–water partition coefficient (Wildman–Crippen LogP) is 4.49. The molecule has 0 fully saturated rings. The van der Waals surface area contributed by atoms with Crippen LogP contribution in [0.4, 0.5) is 0 Å². The average Bonchev–Trinajstić information content (AvgIpc) is 2.86. The molecule has 3 aromatic rings. The predicted molar refractivity (Wildman–Crippen MR) is 128 cm³/mol. The van der Waals surface area contributed by atoms with Gasteiger partial charge in [-0.15, -0.1) is 0 Å². The Bertz CT molecular complexity index is 1160. The molecular weight excluding hydrogens is 460 g/mol. The third-order valence-electron chi connectivity index (χ3n) is 4.60. The molecule has 1 atom stereocenters. The van der Waals surface area contributed by atoms with Crippen LogP contribution in [0.3, 0.4) is 0 Å². The molecule has 0 saturated carbocycles. The SMILES string of the molecule is COc1ccc(C(=O)Oc2ccc(/C=N/NC(=O)C(C)Oc3ccc(Cl)cc3)cc2OC)cc1. The normalized spacial score (nSPS) is 11.5. The minimum atomic E-state index is -0.771. The van der Waals surface area contributed by atoms with Gasteiger partial charge in [-0.05, 0) is 79.2 Å². The minimum Gasteiger partial charge on any atom is -0.497 e. The van der Waals surface area contributed by atoms with Crippen LogP contribution in [0, 0.1) is 0 Å². The summed E-state index contributed by atoms with van der Waals surface area (Å²) >= 11 is 5.84. The first-order valence-corrected chi connectivity index (χ1v) is 10.6. The van der Waals surface area contributed by atoms with Gasteiger partial charge in [-0.1, -0.05) is 11.6 Å². The zero-order chi connectivity index (χ0) is 24.5. The van der Waals surface area contributed by atoms with E-state index in [0.717, 1.165) is 0 Å². The van der Waals surface area contributed by atoms with E-state index in [1.807, 2.05) is 0 Å².